The molecule has 2 rings (SSSR count). The molecular weight excluding hydrogens is 238 g/mol. The Morgan fingerprint density at radius 2 is 2.16 bits per heavy atom. The first kappa shape index (κ1) is 14.2. The van der Waals surface area contributed by atoms with Gasteiger partial charge in [-0.25, -0.2) is 0 Å². The molecule has 0 aliphatic carbocycles. The van der Waals surface area contributed by atoms with E-state index in [1.807, 2.05) is 11.7 Å². The van der Waals surface area contributed by atoms with Crippen LogP contribution < -0.4 is 10.6 Å². The molecule has 1 atom stereocenters. The van der Waals surface area contributed by atoms with Crippen molar-refractivity contribution in [3.05, 3.63) is 5.69 Å². The van der Waals surface area contributed by atoms with Gasteiger partial charge in [0.2, 0.25) is 0 Å². The Morgan fingerprint density at radius 3 is 2.79 bits per heavy atom. The van der Waals surface area contributed by atoms with Gasteiger partial charge in [0.25, 0.3) is 0 Å². The summed E-state index contributed by atoms with van der Waals surface area (Å²) in [5.41, 5.74) is 8.26. The smallest absolute Gasteiger partial charge is 0.150 e. The van der Waals surface area contributed by atoms with Crippen molar-refractivity contribution in [3.63, 3.8) is 0 Å². The van der Waals surface area contributed by atoms with E-state index in [9.17, 15) is 0 Å². The normalized spacial score (nSPS) is 19.6. The maximum atomic E-state index is 6.32. The maximum Gasteiger partial charge on any atom is 0.150 e. The van der Waals surface area contributed by atoms with Crippen molar-refractivity contribution in [2.75, 3.05) is 37.8 Å². The first-order valence-corrected chi connectivity index (χ1v) is 7.27. The molecule has 19 heavy (non-hydrogen) atoms. The first-order chi connectivity index (χ1) is 9.04. The third-order valence-corrected chi connectivity index (χ3v) is 3.84. The van der Waals surface area contributed by atoms with Gasteiger partial charge in [-0.15, -0.1) is 0 Å². The Labute approximate surface area is 116 Å². The fourth-order valence-corrected chi connectivity index (χ4v) is 3.07. The van der Waals surface area contributed by atoms with Crippen LogP contribution >= 0.6 is 0 Å². The zero-order chi connectivity index (χ0) is 14.0. The van der Waals surface area contributed by atoms with Crippen molar-refractivity contribution in [2.45, 2.75) is 38.6 Å². The van der Waals surface area contributed by atoms with E-state index < -0.39 is 0 Å². The van der Waals surface area contributed by atoms with E-state index in [4.69, 9.17) is 5.73 Å². The van der Waals surface area contributed by atoms with E-state index >= 15 is 0 Å². The van der Waals surface area contributed by atoms with Crippen LogP contribution in [0.15, 0.2) is 0 Å². The summed E-state index contributed by atoms with van der Waals surface area (Å²) in [6.07, 6.45) is 4.53. The minimum absolute atomic E-state index is 0.558. The van der Waals surface area contributed by atoms with E-state index in [0.717, 1.165) is 43.1 Å². The minimum atomic E-state index is 0.558. The Kier molecular flexibility index (Phi) is 4.34. The number of anilines is 2. The Hall–Kier alpha value is -1.23. The number of nitrogens with zero attached hydrogens (tertiary/aromatic N) is 4. The number of nitrogen functional groups attached to an aromatic ring is 1. The lowest BCUT2D eigenvalue weighted by Crippen LogP contribution is -2.38. The molecule has 0 amide bonds. The highest BCUT2D eigenvalue weighted by Gasteiger charge is 2.29. The Morgan fingerprint density at radius 1 is 1.42 bits per heavy atom. The lowest BCUT2D eigenvalue weighted by Gasteiger charge is -2.29. The Bertz CT molecular complexity index is 424. The molecule has 1 aromatic rings. The summed E-state index contributed by atoms with van der Waals surface area (Å²) in [7, 11) is 6.27. The van der Waals surface area contributed by atoms with Crippen LogP contribution in [0.2, 0.25) is 0 Å². The SMILES string of the molecule is CCCc1nn(C)c(N2CCCC2CN(C)C)c1N. The standard InChI is InChI=1S/C14H27N5/c1-5-7-12-13(15)14(18(4)16-12)19-9-6-8-11(19)10-17(2)3/h11H,5-10,15H2,1-4H3. The third kappa shape index (κ3) is 2.86. The van der Waals surface area contributed by atoms with Crippen molar-refractivity contribution in [2.24, 2.45) is 7.05 Å². The second-order valence-corrected chi connectivity index (χ2v) is 5.81. The maximum absolute atomic E-state index is 6.32. The fraction of sp³-hybridized carbons (Fsp3) is 0.786. The average Bonchev–Trinajstić information content (AvgIpc) is 2.85. The predicted molar refractivity (Wildman–Crippen MR) is 80.5 cm³/mol. The van der Waals surface area contributed by atoms with Crippen molar-refractivity contribution in [1.29, 1.82) is 0 Å². The van der Waals surface area contributed by atoms with Crippen LogP contribution in [0.1, 0.15) is 31.9 Å². The van der Waals surface area contributed by atoms with Crippen LogP contribution in [0.25, 0.3) is 0 Å². The van der Waals surface area contributed by atoms with Crippen molar-refractivity contribution >= 4 is 11.5 Å². The molecule has 0 bridgehead atoms. The van der Waals surface area contributed by atoms with Crippen LogP contribution in [0.5, 0.6) is 0 Å². The highest BCUT2D eigenvalue weighted by Crippen LogP contribution is 2.32. The highest BCUT2D eigenvalue weighted by atomic mass is 15.4. The topological polar surface area (TPSA) is 50.3 Å². The molecule has 5 heteroatoms. The molecule has 1 aliphatic heterocycles. The molecule has 0 aromatic carbocycles. The second-order valence-electron chi connectivity index (χ2n) is 5.81. The number of hydrogen-bond donors (Lipinski definition) is 1. The van der Waals surface area contributed by atoms with Gasteiger partial charge < -0.3 is 15.5 Å². The monoisotopic (exact) mass is 265 g/mol. The molecule has 1 fully saturated rings. The summed E-state index contributed by atoms with van der Waals surface area (Å²) in [5.74, 6) is 1.12. The summed E-state index contributed by atoms with van der Waals surface area (Å²) in [4.78, 5) is 4.70. The molecule has 0 saturated carbocycles. The molecule has 2 N–H and O–H groups in total. The van der Waals surface area contributed by atoms with Gasteiger partial charge in [-0.1, -0.05) is 13.3 Å². The van der Waals surface area contributed by atoms with Gasteiger partial charge in [0.05, 0.1) is 11.4 Å². The number of likely N-dealkylation sites (N-methyl/N-ethyl adjacent to an activating group) is 1. The second kappa shape index (κ2) is 5.82. The molecule has 1 aromatic heterocycles. The summed E-state index contributed by atoms with van der Waals surface area (Å²) < 4.78 is 1.97. The minimum Gasteiger partial charge on any atom is -0.394 e. The number of aryl methyl sites for hydroxylation is 2. The zero-order valence-corrected chi connectivity index (χ0v) is 12.7. The van der Waals surface area contributed by atoms with Crippen molar-refractivity contribution < 1.29 is 0 Å². The molecule has 2 heterocycles. The summed E-state index contributed by atoms with van der Waals surface area (Å²) >= 11 is 0. The lowest BCUT2D eigenvalue weighted by molar-refractivity contribution is 0.370. The number of nitrogens with two attached hydrogens (primary N) is 1. The van der Waals surface area contributed by atoms with Crippen LogP contribution in [0.3, 0.4) is 0 Å². The van der Waals surface area contributed by atoms with E-state index in [1.54, 1.807) is 0 Å². The van der Waals surface area contributed by atoms with Crippen LogP contribution in [0.4, 0.5) is 11.5 Å². The van der Waals surface area contributed by atoms with E-state index in [2.05, 4.69) is 35.9 Å². The third-order valence-electron chi connectivity index (χ3n) is 3.84. The molecular formula is C14H27N5. The van der Waals surface area contributed by atoms with Crippen molar-refractivity contribution in [3.8, 4) is 0 Å². The van der Waals surface area contributed by atoms with Gasteiger partial charge in [0.1, 0.15) is 0 Å². The van der Waals surface area contributed by atoms with Crippen LogP contribution in [-0.4, -0.2) is 47.9 Å². The lowest BCUT2D eigenvalue weighted by atomic mass is 10.2. The molecule has 5 nitrogen and oxygen atoms in total. The number of aromatic nitrogens is 2. The molecule has 0 spiro atoms. The van der Waals surface area contributed by atoms with Gasteiger partial charge in [-0.05, 0) is 33.4 Å². The van der Waals surface area contributed by atoms with E-state index in [-0.39, 0.29) is 0 Å². The quantitative estimate of drug-likeness (QED) is 0.876. The number of hydrogen-bond acceptors (Lipinski definition) is 4. The summed E-state index contributed by atoms with van der Waals surface area (Å²) in [6, 6.07) is 0.558. The largest absolute Gasteiger partial charge is 0.394 e. The van der Waals surface area contributed by atoms with Gasteiger partial charge >= 0.3 is 0 Å². The van der Waals surface area contributed by atoms with Crippen LogP contribution in [-0.2, 0) is 13.5 Å². The van der Waals surface area contributed by atoms with Gasteiger partial charge in [0, 0.05) is 26.2 Å². The number of rotatable bonds is 5. The molecule has 1 unspecified atom stereocenters. The first-order valence-electron chi connectivity index (χ1n) is 7.27. The fourth-order valence-electron chi connectivity index (χ4n) is 3.07. The predicted octanol–water partition coefficient (Wildman–Crippen LogP) is 1.49. The summed E-state index contributed by atoms with van der Waals surface area (Å²) in [6.45, 7) is 4.33. The van der Waals surface area contributed by atoms with Crippen LogP contribution in [0, 0.1) is 0 Å². The van der Waals surface area contributed by atoms with E-state index in [1.165, 1.54) is 12.8 Å². The molecule has 108 valence electrons. The molecule has 1 aliphatic rings. The van der Waals surface area contributed by atoms with Gasteiger partial charge in [-0.3, -0.25) is 4.68 Å². The average molecular weight is 265 g/mol. The highest BCUT2D eigenvalue weighted by molar-refractivity contribution is 5.67. The van der Waals surface area contributed by atoms with E-state index in [0.29, 0.717) is 6.04 Å². The summed E-state index contributed by atoms with van der Waals surface area (Å²) in [5, 5.41) is 4.59. The van der Waals surface area contributed by atoms with Gasteiger partial charge in [0.15, 0.2) is 5.82 Å². The Balaban J connectivity index is 2.25. The van der Waals surface area contributed by atoms with Gasteiger partial charge in [-0.2, -0.15) is 5.10 Å². The molecule has 1 saturated heterocycles. The van der Waals surface area contributed by atoms with Crippen molar-refractivity contribution in [1.82, 2.24) is 14.7 Å². The molecule has 0 radical (unpaired) electrons. The zero-order valence-electron chi connectivity index (χ0n) is 12.7.